The normalized spacial score (nSPS) is 11.8. The summed E-state index contributed by atoms with van der Waals surface area (Å²) in [5, 5.41) is 14.8. The number of fused-ring (bicyclic) bond motifs is 1. The molecule has 1 heterocycles. The second-order valence-electron chi connectivity index (χ2n) is 7.72. The van der Waals surface area contributed by atoms with Gasteiger partial charge in [-0.15, -0.1) is 0 Å². The molecule has 0 aliphatic carbocycles. The minimum atomic E-state index is -0.881. The second-order valence-corrected chi connectivity index (χ2v) is 8.54. The second kappa shape index (κ2) is 9.61. The van der Waals surface area contributed by atoms with Crippen LogP contribution in [-0.4, -0.2) is 22.0 Å². The number of anilines is 1. The van der Waals surface area contributed by atoms with Gasteiger partial charge >= 0.3 is 5.97 Å². The third kappa shape index (κ3) is 5.00. The van der Waals surface area contributed by atoms with E-state index in [9.17, 15) is 14.7 Å². The quantitative estimate of drug-likeness (QED) is 0.328. The van der Waals surface area contributed by atoms with Crippen molar-refractivity contribution in [1.29, 1.82) is 0 Å². The van der Waals surface area contributed by atoms with E-state index in [2.05, 4.69) is 10.3 Å². The van der Waals surface area contributed by atoms with Crippen molar-refractivity contribution < 1.29 is 14.7 Å². The van der Waals surface area contributed by atoms with Gasteiger partial charge in [-0.1, -0.05) is 59.6 Å². The van der Waals surface area contributed by atoms with E-state index in [1.165, 1.54) is 6.07 Å². The lowest BCUT2D eigenvalue weighted by Crippen LogP contribution is -2.11. The van der Waals surface area contributed by atoms with Gasteiger partial charge in [-0.05, 0) is 53.8 Å². The van der Waals surface area contributed by atoms with Crippen LogP contribution in [-0.2, 0) is 11.2 Å². The van der Waals surface area contributed by atoms with Gasteiger partial charge < -0.3 is 10.4 Å². The van der Waals surface area contributed by atoms with E-state index in [1.54, 1.807) is 25.3 Å². The number of hydrogen-bond donors (Lipinski definition) is 2. The van der Waals surface area contributed by atoms with Gasteiger partial charge in [-0.3, -0.25) is 14.6 Å². The average molecular weight is 479 g/mol. The smallest absolute Gasteiger partial charge is 0.310 e. The lowest BCUT2D eigenvalue weighted by molar-refractivity contribution is -0.138. The average Bonchev–Trinajstić information content (AvgIpc) is 2.81. The highest BCUT2D eigenvalue weighted by atomic mass is 35.5. The Morgan fingerprint density at radius 3 is 2.33 bits per heavy atom. The molecule has 5 nitrogen and oxygen atoms in total. The van der Waals surface area contributed by atoms with Gasteiger partial charge in [-0.25, -0.2) is 0 Å². The maximum Gasteiger partial charge on any atom is 0.310 e. The van der Waals surface area contributed by atoms with Gasteiger partial charge in [-0.2, -0.15) is 0 Å². The molecule has 1 atom stereocenters. The van der Waals surface area contributed by atoms with Crippen LogP contribution in [0.5, 0.6) is 0 Å². The molecule has 0 aliphatic rings. The third-order valence-electron chi connectivity index (χ3n) is 5.51. The number of rotatable bonds is 6. The lowest BCUT2D eigenvalue weighted by atomic mass is 9.94. The fourth-order valence-electron chi connectivity index (χ4n) is 3.63. The van der Waals surface area contributed by atoms with Crippen molar-refractivity contribution in [2.45, 2.75) is 19.3 Å². The molecule has 0 bridgehead atoms. The summed E-state index contributed by atoms with van der Waals surface area (Å²) in [6, 6.07) is 19.9. The van der Waals surface area contributed by atoms with Crippen LogP contribution in [0, 0.1) is 0 Å². The molecule has 2 N–H and O–H groups in total. The van der Waals surface area contributed by atoms with Gasteiger partial charge in [0, 0.05) is 29.3 Å². The summed E-state index contributed by atoms with van der Waals surface area (Å²) in [5.74, 6) is -1.81. The first kappa shape index (κ1) is 22.8. The van der Waals surface area contributed by atoms with Crippen LogP contribution < -0.4 is 5.32 Å². The van der Waals surface area contributed by atoms with Gasteiger partial charge in [0.1, 0.15) is 0 Å². The molecule has 0 spiro atoms. The topological polar surface area (TPSA) is 79.3 Å². The van der Waals surface area contributed by atoms with Gasteiger partial charge in [0.15, 0.2) is 0 Å². The van der Waals surface area contributed by atoms with Crippen LogP contribution in [0.1, 0.15) is 40.0 Å². The van der Waals surface area contributed by atoms with Crippen molar-refractivity contribution in [1.82, 2.24) is 4.98 Å². The Bertz CT molecular complexity index is 1350. The van der Waals surface area contributed by atoms with Crippen LogP contribution in [0.4, 0.5) is 5.69 Å². The zero-order valence-corrected chi connectivity index (χ0v) is 19.2. The standard InChI is InChI=1S/C26H20Cl2N2O3/c1-15(26(32)33)21-14-29-24(20-5-3-2-4-19(20)21)12-16-6-9-18(10-7-16)30-25(31)17-8-11-22(27)23(28)13-17/h2-11,13-15H,12H2,1H3,(H,30,31)(H,32,33). The van der Waals surface area contributed by atoms with Gasteiger partial charge in [0.05, 0.1) is 21.7 Å². The number of halogens is 2. The van der Waals surface area contributed by atoms with E-state index in [-0.39, 0.29) is 5.91 Å². The minimum Gasteiger partial charge on any atom is -0.481 e. The fourth-order valence-corrected chi connectivity index (χ4v) is 3.93. The van der Waals surface area contributed by atoms with E-state index < -0.39 is 11.9 Å². The van der Waals surface area contributed by atoms with Crippen molar-refractivity contribution in [2.75, 3.05) is 5.32 Å². The number of benzene rings is 3. The maximum absolute atomic E-state index is 12.5. The number of carbonyl (C=O) groups is 2. The van der Waals surface area contributed by atoms with E-state index in [1.807, 2.05) is 48.5 Å². The molecule has 4 rings (SSSR count). The van der Waals surface area contributed by atoms with Crippen molar-refractivity contribution in [3.63, 3.8) is 0 Å². The zero-order chi connectivity index (χ0) is 23.5. The highest BCUT2D eigenvalue weighted by molar-refractivity contribution is 6.42. The van der Waals surface area contributed by atoms with Crippen LogP contribution in [0.15, 0.2) is 72.9 Å². The van der Waals surface area contributed by atoms with Crippen LogP contribution in [0.25, 0.3) is 10.8 Å². The van der Waals surface area contributed by atoms with Crippen LogP contribution in [0.3, 0.4) is 0 Å². The molecule has 0 radical (unpaired) electrons. The number of carbonyl (C=O) groups excluding carboxylic acids is 1. The largest absolute Gasteiger partial charge is 0.481 e. The molecule has 3 aromatic carbocycles. The molecule has 4 aromatic rings. The number of aromatic nitrogens is 1. The molecule has 1 unspecified atom stereocenters. The van der Waals surface area contributed by atoms with E-state index in [4.69, 9.17) is 23.2 Å². The predicted octanol–water partition coefficient (Wildman–Crippen LogP) is 6.57. The lowest BCUT2D eigenvalue weighted by Gasteiger charge is -2.13. The fraction of sp³-hybridized carbons (Fsp3) is 0.115. The molecule has 0 aliphatic heterocycles. The first-order valence-electron chi connectivity index (χ1n) is 10.3. The summed E-state index contributed by atoms with van der Waals surface area (Å²) in [4.78, 5) is 28.5. The summed E-state index contributed by atoms with van der Waals surface area (Å²) in [6.07, 6.45) is 2.23. The Morgan fingerprint density at radius 1 is 0.970 bits per heavy atom. The highest BCUT2D eigenvalue weighted by Crippen LogP contribution is 2.28. The number of aliphatic carboxylic acids is 1. The Labute approximate surface area is 201 Å². The molecule has 1 aromatic heterocycles. The van der Waals surface area contributed by atoms with Crippen molar-refractivity contribution in [3.05, 3.63) is 105 Å². The summed E-state index contributed by atoms with van der Waals surface area (Å²) < 4.78 is 0. The molecule has 1 amide bonds. The summed E-state index contributed by atoms with van der Waals surface area (Å²) in [5.41, 5.74) is 3.64. The number of carboxylic acid groups (broad SMARTS) is 1. The molecule has 0 saturated heterocycles. The Morgan fingerprint density at radius 2 is 1.67 bits per heavy atom. The van der Waals surface area contributed by atoms with Crippen LogP contribution >= 0.6 is 23.2 Å². The SMILES string of the molecule is CC(C(=O)O)c1cnc(Cc2ccc(NC(=O)c3ccc(Cl)c(Cl)c3)cc2)c2ccccc12. The van der Waals surface area contributed by atoms with Crippen molar-refractivity contribution in [3.8, 4) is 0 Å². The molecule has 7 heteroatoms. The van der Waals surface area contributed by atoms with Crippen molar-refractivity contribution in [2.24, 2.45) is 0 Å². The minimum absolute atomic E-state index is 0.280. The molecule has 0 saturated carbocycles. The number of pyridine rings is 1. The van der Waals surface area contributed by atoms with E-state index >= 15 is 0 Å². The monoisotopic (exact) mass is 478 g/mol. The van der Waals surface area contributed by atoms with E-state index in [0.717, 1.165) is 22.0 Å². The summed E-state index contributed by atoms with van der Waals surface area (Å²) >= 11 is 11.9. The highest BCUT2D eigenvalue weighted by Gasteiger charge is 2.18. The number of carboxylic acids is 1. The molecule has 33 heavy (non-hydrogen) atoms. The Hall–Kier alpha value is -3.41. The molecule has 0 fully saturated rings. The predicted molar refractivity (Wildman–Crippen MR) is 131 cm³/mol. The number of amides is 1. The van der Waals surface area contributed by atoms with Gasteiger partial charge in [0.2, 0.25) is 0 Å². The first-order chi connectivity index (χ1) is 15.8. The number of hydrogen-bond acceptors (Lipinski definition) is 3. The Balaban J connectivity index is 1.53. The van der Waals surface area contributed by atoms with Crippen molar-refractivity contribution >= 4 is 51.5 Å². The van der Waals surface area contributed by atoms with Gasteiger partial charge in [0.25, 0.3) is 5.91 Å². The maximum atomic E-state index is 12.5. The molecule has 166 valence electrons. The Kier molecular flexibility index (Phi) is 6.63. The third-order valence-corrected chi connectivity index (χ3v) is 6.25. The van der Waals surface area contributed by atoms with Crippen LogP contribution in [0.2, 0.25) is 10.0 Å². The zero-order valence-electron chi connectivity index (χ0n) is 17.7. The summed E-state index contributed by atoms with van der Waals surface area (Å²) in [7, 11) is 0. The number of nitrogens with zero attached hydrogens (tertiary/aromatic N) is 1. The molecular weight excluding hydrogens is 459 g/mol. The summed E-state index contributed by atoms with van der Waals surface area (Å²) in [6.45, 7) is 1.66. The number of nitrogens with one attached hydrogen (secondary N) is 1. The molecular formula is C26H20Cl2N2O3. The first-order valence-corrected chi connectivity index (χ1v) is 11.0. The van der Waals surface area contributed by atoms with E-state index in [0.29, 0.717) is 33.3 Å².